The number of primary amides is 4. The van der Waals surface area contributed by atoms with E-state index in [0.29, 0.717) is 0 Å². The van der Waals surface area contributed by atoms with Crippen LogP contribution < -0.4 is 22.9 Å². The SMILES string of the molecule is NC(=O)c1cc(C(C(N)=O)C(N)=O)cc(C(N)=O)n1. The fraction of sp³-hybridized carbons (Fsp3) is 0.100. The van der Waals surface area contributed by atoms with Gasteiger partial charge in [-0.05, 0) is 17.7 Å². The lowest BCUT2D eigenvalue weighted by molar-refractivity contribution is -0.128. The van der Waals surface area contributed by atoms with Crippen molar-refractivity contribution in [3.63, 3.8) is 0 Å². The van der Waals surface area contributed by atoms with Crippen molar-refractivity contribution in [2.45, 2.75) is 5.92 Å². The summed E-state index contributed by atoms with van der Waals surface area (Å²) < 4.78 is 0. The first-order chi connectivity index (χ1) is 8.73. The van der Waals surface area contributed by atoms with Crippen LogP contribution >= 0.6 is 0 Å². The summed E-state index contributed by atoms with van der Waals surface area (Å²) in [7, 11) is 0. The molecule has 0 aliphatic heterocycles. The van der Waals surface area contributed by atoms with Gasteiger partial charge in [0.05, 0.1) is 0 Å². The maximum Gasteiger partial charge on any atom is 0.267 e. The van der Waals surface area contributed by atoms with E-state index in [1.807, 2.05) is 0 Å². The van der Waals surface area contributed by atoms with Gasteiger partial charge in [0.15, 0.2) is 0 Å². The van der Waals surface area contributed by atoms with Crippen molar-refractivity contribution in [3.8, 4) is 0 Å². The Morgan fingerprint density at radius 1 is 0.842 bits per heavy atom. The molecule has 0 bridgehead atoms. The Balaban J connectivity index is 3.49. The van der Waals surface area contributed by atoms with Crippen LogP contribution in [0, 0.1) is 0 Å². The summed E-state index contributed by atoms with van der Waals surface area (Å²) in [5.74, 6) is -5.51. The third-order valence-corrected chi connectivity index (χ3v) is 2.25. The van der Waals surface area contributed by atoms with Crippen molar-refractivity contribution in [1.82, 2.24) is 4.98 Å². The second-order valence-corrected chi connectivity index (χ2v) is 3.64. The van der Waals surface area contributed by atoms with Gasteiger partial charge in [0.1, 0.15) is 17.3 Å². The highest BCUT2D eigenvalue weighted by molar-refractivity contribution is 6.05. The molecule has 4 amide bonds. The molecule has 0 unspecified atom stereocenters. The molecule has 0 radical (unpaired) electrons. The highest BCUT2D eigenvalue weighted by Gasteiger charge is 2.26. The maximum absolute atomic E-state index is 11.2. The fourth-order valence-electron chi connectivity index (χ4n) is 1.44. The molecule has 1 rings (SSSR count). The number of rotatable bonds is 5. The van der Waals surface area contributed by atoms with E-state index in [2.05, 4.69) is 4.98 Å². The summed E-state index contributed by atoms with van der Waals surface area (Å²) in [5, 5.41) is 0. The van der Waals surface area contributed by atoms with E-state index in [-0.39, 0.29) is 17.0 Å². The molecule has 1 aromatic heterocycles. The number of nitrogens with zero attached hydrogens (tertiary/aromatic N) is 1. The first-order valence-electron chi connectivity index (χ1n) is 4.94. The van der Waals surface area contributed by atoms with E-state index in [0.717, 1.165) is 12.1 Å². The van der Waals surface area contributed by atoms with Gasteiger partial charge in [-0.25, -0.2) is 4.98 Å². The number of amides is 4. The van der Waals surface area contributed by atoms with Crippen LogP contribution in [0.2, 0.25) is 0 Å². The van der Waals surface area contributed by atoms with Crippen molar-refractivity contribution < 1.29 is 19.2 Å². The van der Waals surface area contributed by atoms with Crippen LogP contribution in [0.25, 0.3) is 0 Å². The van der Waals surface area contributed by atoms with Crippen LogP contribution in [-0.4, -0.2) is 28.6 Å². The molecule has 0 saturated heterocycles. The molecule has 9 nitrogen and oxygen atoms in total. The van der Waals surface area contributed by atoms with E-state index in [1.54, 1.807) is 0 Å². The fourth-order valence-corrected chi connectivity index (χ4v) is 1.44. The van der Waals surface area contributed by atoms with Crippen molar-refractivity contribution in [3.05, 3.63) is 29.1 Å². The molecule has 0 fully saturated rings. The average molecular weight is 265 g/mol. The predicted octanol–water partition coefficient (Wildman–Crippen LogP) is -2.67. The Bertz CT molecular complexity index is 537. The molecule has 19 heavy (non-hydrogen) atoms. The number of carbonyl (C=O) groups is 4. The molecule has 0 aliphatic carbocycles. The molecule has 1 heterocycles. The third-order valence-electron chi connectivity index (χ3n) is 2.25. The minimum atomic E-state index is -1.51. The number of pyridine rings is 1. The Morgan fingerprint density at radius 3 is 1.47 bits per heavy atom. The first kappa shape index (κ1) is 14.1. The van der Waals surface area contributed by atoms with Crippen LogP contribution in [-0.2, 0) is 9.59 Å². The second kappa shape index (κ2) is 5.12. The van der Waals surface area contributed by atoms with Gasteiger partial charge in [-0.3, -0.25) is 19.2 Å². The lowest BCUT2D eigenvalue weighted by Gasteiger charge is -2.11. The number of carbonyl (C=O) groups excluding carboxylic acids is 4. The molecular formula is C10H11N5O4. The van der Waals surface area contributed by atoms with Crippen LogP contribution in [0.3, 0.4) is 0 Å². The zero-order valence-corrected chi connectivity index (χ0v) is 9.62. The smallest absolute Gasteiger partial charge is 0.267 e. The van der Waals surface area contributed by atoms with Gasteiger partial charge in [-0.1, -0.05) is 0 Å². The molecular weight excluding hydrogens is 254 g/mol. The van der Waals surface area contributed by atoms with Gasteiger partial charge < -0.3 is 22.9 Å². The second-order valence-electron chi connectivity index (χ2n) is 3.64. The van der Waals surface area contributed by atoms with Crippen LogP contribution in [0.1, 0.15) is 32.5 Å². The normalized spacial score (nSPS) is 10.2. The highest BCUT2D eigenvalue weighted by atomic mass is 16.2. The van der Waals surface area contributed by atoms with Crippen molar-refractivity contribution in [1.29, 1.82) is 0 Å². The van der Waals surface area contributed by atoms with Crippen molar-refractivity contribution in [2.24, 2.45) is 22.9 Å². The van der Waals surface area contributed by atoms with E-state index in [9.17, 15) is 19.2 Å². The van der Waals surface area contributed by atoms with E-state index < -0.39 is 29.5 Å². The van der Waals surface area contributed by atoms with Crippen LogP contribution in [0.15, 0.2) is 12.1 Å². The Labute approximate surface area is 106 Å². The Kier molecular flexibility index (Phi) is 3.80. The molecule has 0 saturated carbocycles. The van der Waals surface area contributed by atoms with Gasteiger partial charge in [0.25, 0.3) is 11.8 Å². The zero-order chi connectivity index (χ0) is 14.7. The maximum atomic E-state index is 11.2. The molecule has 0 aromatic carbocycles. The molecule has 8 N–H and O–H groups in total. The monoisotopic (exact) mass is 265 g/mol. The number of hydrogen-bond acceptors (Lipinski definition) is 5. The molecule has 9 heteroatoms. The lowest BCUT2D eigenvalue weighted by atomic mass is 9.97. The average Bonchev–Trinajstić information content (AvgIpc) is 2.27. The van der Waals surface area contributed by atoms with E-state index >= 15 is 0 Å². The zero-order valence-electron chi connectivity index (χ0n) is 9.62. The van der Waals surface area contributed by atoms with Gasteiger partial charge in [-0.15, -0.1) is 0 Å². The van der Waals surface area contributed by atoms with Crippen LogP contribution in [0.5, 0.6) is 0 Å². The molecule has 0 aliphatic rings. The summed E-state index contributed by atoms with van der Waals surface area (Å²) in [6, 6.07) is 2.10. The van der Waals surface area contributed by atoms with Gasteiger partial charge in [-0.2, -0.15) is 0 Å². The first-order valence-corrected chi connectivity index (χ1v) is 4.94. The van der Waals surface area contributed by atoms with Gasteiger partial charge in [0.2, 0.25) is 11.8 Å². The number of hydrogen-bond donors (Lipinski definition) is 4. The number of nitrogens with two attached hydrogens (primary N) is 4. The Hall–Kier alpha value is -2.97. The molecule has 100 valence electrons. The predicted molar refractivity (Wildman–Crippen MR) is 62.4 cm³/mol. The molecule has 1 aromatic rings. The van der Waals surface area contributed by atoms with Gasteiger partial charge >= 0.3 is 0 Å². The molecule has 0 spiro atoms. The summed E-state index contributed by atoms with van der Waals surface area (Å²) >= 11 is 0. The van der Waals surface area contributed by atoms with Crippen molar-refractivity contribution in [2.75, 3.05) is 0 Å². The van der Waals surface area contributed by atoms with Crippen molar-refractivity contribution >= 4 is 23.6 Å². The van der Waals surface area contributed by atoms with E-state index in [1.165, 1.54) is 0 Å². The largest absolute Gasteiger partial charge is 0.369 e. The quantitative estimate of drug-likeness (QED) is 0.422. The molecule has 0 atom stereocenters. The van der Waals surface area contributed by atoms with E-state index in [4.69, 9.17) is 22.9 Å². The standard InChI is InChI=1S/C10H11N5O4/c11-7(16)4-1-3(2-5(15-4)8(12)17)6(9(13)18)10(14)19/h1-2,6H,(H2,11,16)(H2,12,17)(H2,13,18)(H2,14,19). The minimum Gasteiger partial charge on any atom is -0.369 e. The van der Waals surface area contributed by atoms with Crippen LogP contribution in [0.4, 0.5) is 0 Å². The summed E-state index contributed by atoms with van der Waals surface area (Å²) in [6.07, 6.45) is 0. The Morgan fingerprint density at radius 2 is 1.21 bits per heavy atom. The summed E-state index contributed by atoms with van der Waals surface area (Å²) in [5.41, 5.74) is 19.4. The van der Waals surface area contributed by atoms with Gasteiger partial charge in [0, 0.05) is 0 Å². The highest BCUT2D eigenvalue weighted by Crippen LogP contribution is 2.17. The topological polar surface area (TPSA) is 185 Å². The summed E-state index contributed by atoms with van der Waals surface area (Å²) in [6.45, 7) is 0. The minimum absolute atomic E-state index is 0.0717. The number of aromatic nitrogens is 1. The summed E-state index contributed by atoms with van der Waals surface area (Å²) in [4.78, 5) is 48.1. The lowest BCUT2D eigenvalue weighted by Crippen LogP contribution is -2.33. The third kappa shape index (κ3) is 3.03.